The van der Waals surface area contributed by atoms with Crippen molar-refractivity contribution < 1.29 is 9.52 Å². The fourth-order valence-corrected chi connectivity index (χ4v) is 3.56. The monoisotopic (exact) mass is 385 g/mol. The minimum absolute atomic E-state index is 0.105. The predicted molar refractivity (Wildman–Crippen MR) is 109 cm³/mol. The number of rotatable bonds is 6. The molecule has 0 amide bonds. The number of benzene rings is 1. The molecular weight excluding hydrogens is 358 g/mol. The Balaban J connectivity index is 1.95. The fourth-order valence-electron chi connectivity index (χ4n) is 2.67. The van der Waals surface area contributed by atoms with Gasteiger partial charge in [-0.2, -0.15) is 0 Å². The summed E-state index contributed by atoms with van der Waals surface area (Å²) in [5.41, 5.74) is 1.62. The summed E-state index contributed by atoms with van der Waals surface area (Å²) in [6, 6.07) is 12.3. The number of furan rings is 1. The lowest BCUT2D eigenvalue weighted by Gasteiger charge is -2.19. The average molecular weight is 386 g/mol. The molecule has 2 heterocycles. The average Bonchev–Trinajstić information content (AvgIpc) is 3.22. The Morgan fingerprint density at radius 1 is 1.04 bits per heavy atom. The van der Waals surface area contributed by atoms with E-state index < -0.39 is 5.60 Å². The molecule has 0 aliphatic carbocycles. The number of hydrogen-bond acceptors (Lipinski definition) is 5. The molecule has 144 valence electrons. The van der Waals surface area contributed by atoms with Crippen LogP contribution in [0.2, 0.25) is 0 Å². The van der Waals surface area contributed by atoms with Gasteiger partial charge in [0.05, 0.1) is 18.4 Å². The summed E-state index contributed by atoms with van der Waals surface area (Å²) in [7, 11) is 0. The molecule has 0 aliphatic heterocycles. The van der Waals surface area contributed by atoms with Gasteiger partial charge in [0.15, 0.2) is 11.0 Å². The molecule has 0 saturated heterocycles. The highest BCUT2D eigenvalue weighted by atomic mass is 32.2. The van der Waals surface area contributed by atoms with Gasteiger partial charge in [-0.15, -0.1) is 10.2 Å². The van der Waals surface area contributed by atoms with Crippen LogP contribution in [0.1, 0.15) is 45.9 Å². The Kier molecular flexibility index (Phi) is 5.49. The van der Waals surface area contributed by atoms with Crippen molar-refractivity contribution in [2.45, 2.75) is 57.3 Å². The van der Waals surface area contributed by atoms with Crippen molar-refractivity contribution in [3.63, 3.8) is 0 Å². The number of thioether (sulfide) groups is 1. The van der Waals surface area contributed by atoms with Gasteiger partial charge in [-0.3, -0.25) is 4.57 Å². The number of hydrogen-bond donors (Lipinski definition) is 1. The smallest absolute Gasteiger partial charge is 0.192 e. The first-order valence-corrected chi connectivity index (χ1v) is 10.0. The first kappa shape index (κ1) is 19.7. The van der Waals surface area contributed by atoms with E-state index >= 15 is 0 Å². The van der Waals surface area contributed by atoms with Gasteiger partial charge >= 0.3 is 0 Å². The van der Waals surface area contributed by atoms with Crippen LogP contribution in [0.15, 0.2) is 52.2 Å². The molecule has 0 radical (unpaired) electrons. The summed E-state index contributed by atoms with van der Waals surface area (Å²) in [6.45, 7) is 10.7. The van der Waals surface area contributed by atoms with Crippen LogP contribution in [0.5, 0.6) is 0 Å². The second-order valence-electron chi connectivity index (χ2n) is 8.40. The molecule has 0 bridgehead atoms. The van der Waals surface area contributed by atoms with Crippen LogP contribution in [0, 0.1) is 0 Å². The van der Waals surface area contributed by atoms with Gasteiger partial charge in [-0.1, -0.05) is 56.8 Å². The van der Waals surface area contributed by atoms with E-state index in [-0.39, 0.29) is 5.41 Å². The number of aliphatic hydroxyl groups is 1. The third-order valence-corrected chi connectivity index (χ3v) is 5.59. The van der Waals surface area contributed by atoms with E-state index in [2.05, 4.69) is 55.2 Å². The van der Waals surface area contributed by atoms with Crippen LogP contribution in [-0.4, -0.2) is 31.2 Å². The lowest BCUT2D eigenvalue weighted by atomic mass is 9.87. The molecule has 0 atom stereocenters. The molecule has 27 heavy (non-hydrogen) atoms. The molecule has 6 heteroatoms. The second kappa shape index (κ2) is 7.52. The quantitative estimate of drug-likeness (QED) is 0.621. The summed E-state index contributed by atoms with van der Waals surface area (Å²) < 4.78 is 7.57. The van der Waals surface area contributed by atoms with Crippen molar-refractivity contribution in [2.75, 3.05) is 5.75 Å². The van der Waals surface area contributed by atoms with Crippen molar-refractivity contribution in [3.8, 4) is 11.4 Å². The van der Waals surface area contributed by atoms with E-state index in [9.17, 15) is 5.11 Å². The predicted octanol–water partition coefficient (Wildman–Crippen LogP) is 4.75. The highest BCUT2D eigenvalue weighted by Crippen LogP contribution is 2.29. The maximum Gasteiger partial charge on any atom is 0.192 e. The largest absolute Gasteiger partial charge is 0.467 e. The van der Waals surface area contributed by atoms with Crippen molar-refractivity contribution in [2.24, 2.45) is 0 Å². The van der Waals surface area contributed by atoms with Crippen molar-refractivity contribution in [1.82, 2.24) is 14.8 Å². The molecule has 0 aliphatic rings. The van der Waals surface area contributed by atoms with Gasteiger partial charge in [0.1, 0.15) is 5.76 Å². The minimum atomic E-state index is -0.777. The molecule has 3 aromatic rings. The van der Waals surface area contributed by atoms with E-state index in [1.165, 1.54) is 17.3 Å². The van der Waals surface area contributed by atoms with Crippen LogP contribution >= 0.6 is 11.8 Å². The normalized spacial score (nSPS) is 12.5. The highest BCUT2D eigenvalue weighted by Gasteiger charge is 2.20. The summed E-state index contributed by atoms with van der Waals surface area (Å²) in [4.78, 5) is 0. The maximum atomic E-state index is 10.1. The SMILES string of the molecule is CC(C)(O)CSc1nnc(-c2ccc(C(C)(C)C)cc2)n1Cc1ccco1. The van der Waals surface area contributed by atoms with E-state index in [4.69, 9.17) is 4.42 Å². The second-order valence-corrected chi connectivity index (χ2v) is 9.34. The number of nitrogens with zero attached hydrogens (tertiary/aromatic N) is 3. The Bertz CT molecular complexity index is 870. The van der Waals surface area contributed by atoms with Crippen LogP contribution in [0.3, 0.4) is 0 Å². The molecule has 0 fully saturated rings. The molecule has 0 saturated carbocycles. The summed E-state index contributed by atoms with van der Waals surface area (Å²) in [6.07, 6.45) is 1.67. The molecular formula is C21H27N3O2S. The van der Waals surface area contributed by atoms with Gasteiger partial charge in [-0.05, 0) is 37.0 Å². The van der Waals surface area contributed by atoms with E-state index in [0.29, 0.717) is 12.3 Å². The van der Waals surface area contributed by atoms with Gasteiger partial charge in [0.25, 0.3) is 0 Å². The highest BCUT2D eigenvalue weighted by molar-refractivity contribution is 7.99. The number of aromatic nitrogens is 3. The Morgan fingerprint density at radius 3 is 2.30 bits per heavy atom. The lowest BCUT2D eigenvalue weighted by Crippen LogP contribution is -2.22. The zero-order valence-corrected chi connectivity index (χ0v) is 17.4. The van der Waals surface area contributed by atoms with Crippen LogP contribution < -0.4 is 0 Å². The molecule has 1 N–H and O–H groups in total. The van der Waals surface area contributed by atoms with E-state index in [1.54, 1.807) is 20.1 Å². The topological polar surface area (TPSA) is 64.1 Å². The molecule has 1 aromatic carbocycles. The first-order chi connectivity index (χ1) is 12.6. The third-order valence-electron chi connectivity index (χ3n) is 4.17. The maximum absolute atomic E-state index is 10.1. The fraction of sp³-hybridized carbons (Fsp3) is 0.429. The molecule has 0 unspecified atom stereocenters. The van der Waals surface area contributed by atoms with Gasteiger partial charge in [0, 0.05) is 11.3 Å². The molecule has 5 nitrogen and oxygen atoms in total. The van der Waals surface area contributed by atoms with E-state index in [0.717, 1.165) is 22.3 Å². The molecule has 3 rings (SSSR count). The van der Waals surface area contributed by atoms with E-state index in [1.807, 2.05) is 16.7 Å². The zero-order valence-electron chi connectivity index (χ0n) is 16.6. The summed E-state index contributed by atoms with van der Waals surface area (Å²) in [5.74, 6) is 2.17. The summed E-state index contributed by atoms with van der Waals surface area (Å²) >= 11 is 1.50. The summed E-state index contributed by atoms with van der Waals surface area (Å²) in [5, 5.41) is 19.6. The Morgan fingerprint density at radius 2 is 1.74 bits per heavy atom. The van der Waals surface area contributed by atoms with Crippen molar-refractivity contribution in [1.29, 1.82) is 0 Å². The molecule has 2 aromatic heterocycles. The van der Waals surface area contributed by atoms with Crippen LogP contribution in [0.4, 0.5) is 0 Å². The lowest BCUT2D eigenvalue weighted by molar-refractivity contribution is 0.107. The third kappa shape index (κ3) is 5.02. The molecule has 0 spiro atoms. The Hall–Kier alpha value is -2.05. The van der Waals surface area contributed by atoms with Gasteiger partial charge in [0.2, 0.25) is 0 Å². The van der Waals surface area contributed by atoms with Crippen LogP contribution in [-0.2, 0) is 12.0 Å². The van der Waals surface area contributed by atoms with Crippen molar-refractivity contribution >= 4 is 11.8 Å². The van der Waals surface area contributed by atoms with Crippen molar-refractivity contribution in [3.05, 3.63) is 54.0 Å². The van der Waals surface area contributed by atoms with Crippen LogP contribution in [0.25, 0.3) is 11.4 Å². The zero-order chi connectivity index (χ0) is 19.7. The minimum Gasteiger partial charge on any atom is -0.467 e. The first-order valence-electron chi connectivity index (χ1n) is 9.05. The van der Waals surface area contributed by atoms with Gasteiger partial charge in [-0.25, -0.2) is 0 Å². The standard InChI is InChI=1S/C21H27N3O2S/c1-20(2,3)16-10-8-15(9-11-16)18-22-23-19(27-14-21(4,5)25)24(18)13-17-7-6-12-26-17/h6-12,25H,13-14H2,1-5H3. The Labute approximate surface area is 164 Å². The van der Waals surface area contributed by atoms with Gasteiger partial charge < -0.3 is 9.52 Å².